The molecule has 0 aliphatic carbocycles. The highest BCUT2D eigenvalue weighted by Gasteiger charge is 2.20. The van der Waals surface area contributed by atoms with Crippen molar-refractivity contribution in [3.05, 3.63) is 39.8 Å². The van der Waals surface area contributed by atoms with Crippen LogP contribution < -0.4 is 0 Å². The van der Waals surface area contributed by atoms with Gasteiger partial charge in [-0.2, -0.15) is 0 Å². The Kier molecular flexibility index (Phi) is 3.06. The number of nitro groups is 1. The van der Waals surface area contributed by atoms with Crippen molar-refractivity contribution in [2.24, 2.45) is 0 Å². The first-order chi connectivity index (χ1) is 8.13. The van der Waals surface area contributed by atoms with Gasteiger partial charge in [0.25, 0.3) is 5.69 Å². The van der Waals surface area contributed by atoms with E-state index in [0.29, 0.717) is 12.4 Å². The predicted octanol–water partition coefficient (Wildman–Crippen LogP) is 2.53. The molecule has 7 heteroatoms. The zero-order valence-corrected chi connectivity index (χ0v) is 9.76. The summed E-state index contributed by atoms with van der Waals surface area (Å²) in [6, 6.07) is 2.72. The van der Waals surface area contributed by atoms with Crippen molar-refractivity contribution in [2.75, 3.05) is 0 Å². The molecule has 0 saturated heterocycles. The molecule has 0 amide bonds. The maximum atomic E-state index is 10.9. The maximum Gasteiger partial charge on any atom is 0.298 e. The van der Waals surface area contributed by atoms with E-state index in [1.165, 1.54) is 12.1 Å². The van der Waals surface area contributed by atoms with Gasteiger partial charge in [-0.25, -0.2) is 9.97 Å². The number of hydrogen-bond acceptors (Lipinski definition) is 4. The summed E-state index contributed by atoms with van der Waals surface area (Å²) in [4.78, 5) is 18.5. The summed E-state index contributed by atoms with van der Waals surface area (Å²) in [7, 11) is 0. The van der Waals surface area contributed by atoms with Crippen molar-refractivity contribution >= 4 is 17.3 Å². The molecule has 0 saturated carbocycles. The summed E-state index contributed by atoms with van der Waals surface area (Å²) in [5.41, 5.74) is 0.0876. The highest BCUT2D eigenvalue weighted by Crippen LogP contribution is 2.28. The lowest BCUT2D eigenvalue weighted by atomic mass is 10.3. The second-order valence-electron chi connectivity index (χ2n) is 3.30. The largest absolute Gasteiger partial charge is 0.330 e. The molecule has 6 nitrogen and oxygen atoms in total. The highest BCUT2D eigenvalue weighted by molar-refractivity contribution is 6.29. The van der Waals surface area contributed by atoms with Crippen molar-refractivity contribution in [2.45, 2.75) is 13.5 Å². The van der Waals surface area contributed by atoms with Crippen molar-refractivity contribution in [3.63, 3.8) is 0 Å². The predicted molar refractivity (Wildman–Crippen MR) is 62.8 cm³/mol. The number of halogens is 1. The molecule has 88 valence electrons. The second-order valence-corrected chi connectivity index (χ2v) is 3.68. The van der Waals surface area contributed by atoms with Gasteiger partial charge in [0.15, 0.2) is 11.5 Å². The number of rotatable bonds is 3. The first kappa shape index (κ1) is 11.5. The van der Waals surface area contributed by atoms with E-state index in [1.807, 2.05) is 6.92 Å². The van der Waals surface area contributed by atoms with E-state index in [0.717, 1.165) is 0 Å². The second kappa shape index (κ2) is 4.50. The molecule has 0 radical (unpaired) electrons. The molecule has 2 aromatic heterocycles. The van der Waals surface area contributed by atoms with Crippen molar-refractivity contribution in [3.8, 4) is 11.5 Å². The number of pyridine rings is 1. The van der Waals surface area contributed by atoms with Crippen LogP contribution in [0.25, 0.3) is 11.5 Å². The summed E-state index contributed by atoms with van der Waals surface area (Å²) in [6.45, 7) is 2.57. The molecule has 0 atom stereocenters. The van der Waals surface area contributed by atoms with Gasteiger partial charge in [-0.05, 0) is 13.0 Å². The van der Waals surface area contributed by atoms with Crippen LogP contribution in [0.5, 0.6) is 0 Å². The Morgan fingerprint density at radius 3 is 2.94 bits per heavy atom. The minimum atomic E-state index is -0.493. The van der Waals surface area contributed by atoms with E-state index in [4.69, 9.17) is 11.6 Å². The molecule has 0 unspecified atom stereocenters. The zero-order valence-electron chi connectivity index (χ0n) is 9.00. The monoisotopic (exact) mass is 252 g/mol. The fourth-order valence-corrected chi connectivity index (χ4v) is 1.67. The smallest absolute Gasteiger partial charge is 0.298 e. The van der Waals surface area contributed by atoms with Crippen molar-refractivity contribution in [1.82, 2.24) is 14.5 Å². The Labute approximate surface area is 102 Å². The van der Waals surface area contributed by atoms with Crippen LogP contribution in [0.2, 0.25) is 5.15 Å². The highest BCUT2D eigenvalue weighted by atomic mass is 35.5. The summed E-state index contributed by atoms with van der Waals surface area (Å²) < 4.78 is 1.77. The molecule has 2 aromatic rings. The molecule has 0 spiro atoms. The van der Waals surface area contributed by atoms with E-state index >= 15 is 0 Å². The lowest BCUT2D eigenvalue weighted by Gasteiger charge is -2.04. The fourth-order valence-electron chi connectivity index (χ4n) is 1.52. The van der Waals surface area contributed by atoms with Crippen LogP contribution in [0.1, 0.15) is 6.92 Å². The van der Waals surface area contributed by atoms with Crippen molar-refractivity contribution < 1.29 is 4.92 Å². The molecule has 0 bridgehead atoms. The standard InChI is InChI=1S/C10H9ClN4O2/c1-2-14-6-5-12-10(14)9-7(15(16)17)3-4-8(11)13-9/h3-6H,2H2,1H3. The summed E-state index contributed by atoms with van der Waals surface area (Å²) in [5, 5.41) is 11.1. The Hall–Kier alpha value is -1.95. The first-order valence-corrected chi connectivity index (χ1v) is 5.33. The number of aromatic nitrogens is 3. The van der Waals surface area contributed by atoms with Crippen molar-refractivity contribution in [1.29, 1.82) is 0 Å². The molecule has 17 heavy (non-hydrogen) atoms. The van der Waals surface area contributed by atoms with E-state index in [1.54, 1.807) is 17.0 Å². The third-order valence-corrected chi connectivity index (χ3v) is 2.52. The number of imidazole rings is 1. The molecule has 0 aliphatic rings. The van der Waals surface area contributed by atoms with Gasteiger partial charge in [0, 0.05) is 25.0 Å². The zero-order chi connectivity index (χ0) is 12.4. The molecular formula is C10H9ClN4O2. The van der Waals surface area contributed by atoms with E-state index in [9.17, 15) is 10.1 Å². The van der Waals surface area contributed by atoms with E-state index in [2.05, 4.69) is 9.97 Å². The third-order valence-electron chi connectivity index (χ3n) is 2.30. The van der Waals surface area contributed by atoms with Crippen LogP contribution in [0.15, 0.2) is 24.5 Å². The van der Waals surface area contributed by atoms with Crippen LogP contribution in [0.4, 0.5) is 5.69 Å². The van der Waals surface area contributed by atoms with Crippen LogP contribution in [-0.2, 0) is 6.54 Å². The molecule has 2 heterocycles. The van der Waals surface area contributed by atoms with Crippen LogP contribution in [-0.4, -0.2) is 19.5 Å². The molecule has 2 rings (SSSR count). The number of aryl methyl sites for hydroxylation is 1. The summed E-state index contributed by atoms with van der Waals surface area (Å²) in [6.07, 6.45) is 3.31. The number of nitrogens with zero attached hydrogens (tertiary/aromatic N) is 4. The molecule has 0 aliphatic heterocycles. The van der Waals surface area contributed by atoms with Gasteiger partial charge in [0.05, 0.1) is 4.92 Å². The van der Waals surface area contributed by atoms with Gasteiger partial charge in [-0.1, -0.05) is 11.6 Å². The summed E-state index contributed by atoms with van der Waals surface area (Å²) >= 11 is 5.76. The van der Waals surface area contributed by atoms with Gasteiger partial charge in [0.1, 0.15) is 5.15 Å². The Morgan fingerprint density at radius 2 is 2.29 bits per heavy atom. The minimum absolute atomic E-state index is 0.102. The summed E-state index contributed by atoms with van der Waals surface area (Å²) in [5.74, 6) is 0.446. The third kappa shape index (κ3) is 2.12. The molecule has 0 fully saturated rings. The van der Waals surface area contributed by atoms with Gasteiger partial charge < -0.3 is 4.57 Å². The maximum absolute atomic E-state index is 10.9. The normalized spacial score (nSPS) is 10.5. The van der Waals surface area contributed by atoms with Gasteiger partial charge in [0.2, 0.25) is 0 Å². The molecular weight excluding hydrogens is 244 g/mol. The van der Waals surface area contributed by atoms with Crippen LogP contribution in [0.3, 0.4) is 0 Å². The average molecular weight is 253 g/mol. The average Bonchev–Trinajstić information content (AvgIpc) is 2.76. The topological polar surface area (TPSA) is 73.8 Å². The molecule has 0 aromatic carbocycles. The quantitative estimate of drug-likeness (QED) is 0.478. The first-order valence-electron chi connectivity index (χ1n) is 4.96. The van der Waals surface area contributed by atoms with Gasteiger partial charge in [-0.3, -0.25) is 10.1 Å². The fraction of sp³-hybridized carbons (Fsp3) is 0.200. The van der Waals surface area contributed by atoms with Crippen LogP contribution in [0, 0.1) is 10.1 Å². The SMILES string of the molecule is CCn1ccnc1-c1nc(Cl)ccc1[N+](=O)[O-]. The van der Waals surface area contributed by atoms with Gasteiger partial charge in [-0.15, -0.1) is 0 Å². The van der Waals surface area contributed by atoms with Crippen LogP contribution >= 0.6 is 11.6 Å². The Bertz CT molecular complexity index is 567. The Balaban J connectivity index is 2.65. The van der Waals surface area contributed by atoms with E-state index < -0.39 is 4.92 Å². The van der Waals surface area contributed by atoms with E-state index in [-0.39, 0.29) is 16.5 Å². The van der Waals surface area contributed by atoms with Gasteiger partial charge >= 0.3 is 0 Å². The molecule has 0 N–H and O–H groups in total. The minimum Gasteiger partial charge on any atom is -0.330 e. The number of hydrogen-bond donors (Lipinski definition) is 0. The lowest BCUT2D eigenvalue weighted by molar-refractivity contribution is -0.384. The Morgan fingerprint density at radius 1 is 1.53 bits per heavy atom. The lowest BCUT2D eigenvalue weighted by Crippen LogP contribution is -2.01.